The minimum absolute atomic E-state index is 0.258. The minimum atomic E-state index is 0.258. The van der Waals surface area contributed by atoms with Crippen molar-refractivity contribution in [2.75, 3.05) is 13.2 Å². The molecule has 1 aromatic carbocycles. The van der Waals surface area contributed by atoms with Gasteiger partial charge in [-0.3, -0.25) is 0 Å². The maximum atomic E-state index is 10.1. The van der Waals surface area contributed by atoms with Gasteiger partial charge in [0.05, 0.1) is 6.42 Å². The summed E-state index contributed by atoms with van der Waals surface area (Å²) in [6.45, 7) is 1.15. The molecule has 1 heterocycles. The molecule has 0 saturated heterocycles. The van der Waals surface area contributed by atoms with E-state index >= 15 is 0 Å². The molecule has 1 aromatic rings. The number of carbonyl (C=O) groups excluding carboxylic acids is 1. The number of hydrogen-bond acceptors (Lipinski definition) is 3. The Kier molecular flexibility index (Phi) is 2.89. The van der Waals surface area contributed by atoms with Crippen LogP contribution in [0.15, 0.2) is 18.2 Å². The van der Waals surface area contributed by atoms with Crippen LogP contribution < -0.4 is 9.47 Å². The second-order valence-corrected chi connectivity index (χ2v) is 3.03. The summed E-state index contributed by atoms with van der Waals surface area (Å²) >= 11 is 0. The quantitative estimate of drug-likeness (QED) is 0.510. The lowest BCUT2D eigenvalue weighted by molar-refractivity contribution is -0.107. The average molecular weight is 202 g/mol. The van der Waals surface area contributed by atoms with Crippen LogP contribution in [0.3, 0.4) is 0 Å². The summed E-state index contributed by atoms with van der Waals surface area (Å²) in [5.74, 6) is 7.10. The summed E-state index contributed by atoms with van der Waals surface area (Å²) in [6, 6.07) is 5.51. The lowest BCUT2D eigenvalue weighted by atomic mass is 10.2. The number of rotatable bonds is 1. The van der Waals surface area contributed by atoms with Crippen molar-refractivity contribution in [3.8, 4) is 23.3 Å². The van der Waals surface area contributed by atoms with Crippen molar-refractivity contribution in [1.82, 2.24) is 0 Å². The van der Waals surface area contributed by atoms with Crippen molar-refractivity contribution in [3.05, 3.63) is 23.8 Å². The Bertz CT molecular complexity index is 426. The molecule has 1 aliphatic rings. The molecule has 0 saturated carbocycles. The van der Waals surface area contributed by atoms with Gasteiger partial charge in [0, 0.05) is 5.56 Å². The molecule has 3 nitrogen and oxygen atoms in total. The second-order valence-electron chi connectivity index (χ2n) is 3.03. The van der Waals surface area contributed by atoms with E-state index in [0.717, 1.165) is 23.3 Å². The Morgan fingerprint density at radius 3 is 2.87 bits per heavy atom. The molecule has 0 unspecified atom stereocenters. The third-order valence-electron chi connectivity index (χ3n) is 1.96. The first-order chi connectivity index (χ1) is 7.40. The van der Waals surface area contributed by atoms with E-state index in [0.29, 0.717) is 13.2 Å². The highest BCUT2D eigenvalue weighted by molar-refractivity contribution is 5.56. The van der Waals surface area contributed by atoms with Crippen molar-refractivity contribution in [2.45, 2.75) is 6.42 Å². The smallest absolute Gasteiger partial charge is 0.162 e. The second kappa shape index (κ2) is 4.52. The van der Waals surface area contributed by atoms with Crippen LogP contribution in [0.5, 0.6) is 11.5 Å². The minimum Gasteiger partial charge on any atom is -0.486 e. The van der Waals surface area contributed by atoms with Gasteiger partial charge >= 0.3 is 0 Å². The van der Waals surface area contributed by atoms with E-state index in [1.54, 1.807) is 0 Å². The Balaban J connectivity index is 2.21. The maximum Gasteiger partial charge on any atom is 0.162 e. The van der Waals surface area contributed by atoms with Gasteiger partial charge in [-0.05, 0) is 18.2 Å². The van der Waals surface area contributed by atoms with E-state index in [4.69, 9.17) is 9.47 Å². The molecule has 2 rings (SSSR count). The van der Waals surface area contributed by atoms with Crippen LogP contribution in [0.2, 0.25) is 0 Å². The topological polar surface area (TPSA) is 35.5 Å². The van der Waals surface area contributed by atoms with Crippen molar-refractivity contribution >= 4 is 6.29 Å². The van der Waals surface area contributed by atoms with Gasteiger partial charge in [-0.15, -0.1) is 0 Å². The van der Waals surface area contributed by atoms with Gasteiger partial charge in [-0.2, -0.15) is 0 Å². The van der Waals surface area contributed by atoms with Gasteiger partial charge in [0.15, 0.2) is 11.5 Å². The van der Waals surface area contributed by atoms with Crippen LogP contribution in [-0.4, -0.2) is 19.5 Å². The number of fused-ring (bicyclic) bond motifs is 1. The van der Waals surface area contributed by atoms with Gasteiger partial charge < -0.3 is 14.3 Å². The van der Waals surface area contributed by atoms with E-state index < -0.39 is 0 Å². The van der Waals surface area contributed by atoms with Gasteiger partial charge in [-0.1, -0.05) is 11.8 Å². The molecule has 0 N–H and O–H groups in total. The summed E-state index contributed by atoms with van der Waals surface area (Å²) in [5.41, 5.74) is 0.834. The monoisotopic (exact) mass is 202 g/mol. The summed E-state index contributed by atoms with van der Waals surface area (Å²) in [4.78, 5) is 10.1. The molecule has 76 valence electrons. The molecule has 0 radical (unpaired) electrons. The first-order valence-electron chi connectivity index (χ1n) is 4.72. The summed E-state index contributed by atoms with van der Waals surface area (Å²) in [6.07, 6.45) is 1.04. The van der Waals surface area contributed by atoms with Crippen LogP contribution in [0.4, 0.5) is 0 Å². The summed E-state index contributed by atoms with van der Waals surface area (Å²) in [7, 11) is 0. The maximum absolute atomic E-state index is 10.1. The molecule has 0 amide bonds. The molecule has 0 aromatic heterocycles. The molecular weight excluding hydrogens is 192 g/mol. The highest BCUT2D eigenvalue weighted by Gasteiger charge is 2.10. The molecule has 15 heavy (non-hydrogen) atoms. The van der Waals surface area contributed by atoms with Crippen LogP contribution in [0.1, 0.15) is 12.0 Å². The normalized spacial score (nSPS) is 12.5. The molecule has 1 aliphatic heterocycles. The molecular formula is C12H10O3. The predicted octanol–water partition coefficient (Wildman–Crippen LogP) is 1.40. The Morgan fingerprint density at radius 2 is 2.07 bits per heavy atom. The molecule has 0 spiro atoms. The molecule has 0 bridgehead atoms. The number of carbonyl (C=O) groups is 1. The zero-order valence-corrected chi connectivity index (χ0v) is 8.16. The van der Waals surface area contributed by atoms with Crippen molar-refractivity contribution in [1.29, 1.82) is 0 Å². The molecule has 0 atom stereocenters. The van der Waals surface area contributed by atoms with Gasteiger partial charge in [0.1, 0.15) is 19.5 Å². The van der Waals surface area contributed by atoms with E-state index in [2.05, 4.69) is 11.8 Å². The number of hydrogen-bond donors (Lipinski definition) is 0. The van der Waals surface area contributed by atoms with Gasteiger partial charge in [0.25, 0.3) is 0 Å². The van der Waals surface area contributed by atoms with E-state index in [1.807, 2.05) is 18.2 Å². The van der Waals surface area contributed by atoms with Crippen molar-refractivity contribution < 1.29 is 14.3 Å². The third kappa shape index (κ3) is 2.29. The SMILES string of the molecule is O=CCC#Cc1ccc2c(c1)OCCO2. The molecule has 0 fully saturated rings. The Morgan fingerprint density at radius 1 is 1.27 bits per heavy atom. The first kappa shape index (κ1) is 9.60. The van der Waals surface area contributed by atoms with Crippen LogP contribution in [0.25, 0.3) is 0 Å². The fourth-order valence-corrected chi connectivity index (χ4v) is 1.32. The van der Waals surface area contributed by atoms with E-state index in [-0.39, 0.29) is 6.42 Å². The van der Waals surface area contributed by atoms with E-state index in [1.165, 1.54) is 0 Å². The Hall–Kier alpha value is -1.95. The highest BCUT2D eigenvalue weighted by atomic mass is 16.6. The Labute approximate surface area is 88.0 Å². The fourth-order valence-electron chi connectivity index (χ4n) is 1.32. The highest BCUT2D eigenvalue weighted by Crippen LogP contribution is 2.30. The number of ether oxygens (including phenoxy) is 2. The van der Waals surface area contributed by atoms with Gasteiger partial charge in [-0.25, -0.2) is 0 Å². The molecule has 3 heteroatoms. The van der Waals surface area contributed by atoms with Crippen LogP contribution >= 0.6 is 0 Å². The third-order valence-corrected chi connectivity index (χ3v) is 1.96. The van der Waals surface area contributed by atoms with Crippen molar-refractivity contribution in [2.24, 2.45) is 0 Å². The molecule has 0 aliphatic carbocycles. The lowest BCUT2D eigenvalue weighted by Gasteiger charge is -2.17. The van der Waals surface area contributed by atoms with Crippen LogP contribution in [-0.2, 0) is 4.79 Å². The van der Waals surface area contributed by atoms with Crippen molar-refractivity contribution in [3.63, 3.8) is 0 Å². The number of aldehydes is 1. The number of benzene rings is 1. The zero-order valence-electron chi connectivity index (χ0n) is 8.16. The lowest BCUT2D eigenvalue weighted by Crippen LogP contribution is -2.15. The zero-order chi connectivity index (χ0) is 10.5. The summed E-state index contributed by atoms with van der Waals surface area (Å²) in [5, 5.41) is 0. The largest absolute Gasteiger partial charge is 0.486 e. The van der Waals surface area contributed by atoms with Crippen LogP contribution in [0, 0.1) is 11.8 Å². The fraction of sp³-hybridized carbons (Fsp3) is 0.250. The predicted molar refractivity (Wildman–Crippen MR) is 55.0 cm³/mol. The van der Waals surface area contributed by atoms with E-state index in [9.17, 15) is 4.79 Å². The standard InChI is InChI=1S/C12H10O3/c13-6-2-1-3-10-4-5-11-12(9-10)15-8-7-14-11/h4-6,9H,2,7-8H2. The average Bonchev–Trinajstić information content (AvgIpc) is 2.29. The summed E-state index contributed by atoms with van der Waals surface area (Å²) < 4.78 is 10.8. The van der Waals surface area contributed by atoms with Gasteiger partial charge in [0.2, 0.25) is 0 Å². The first-order valence-corrected chi connectivity index (χ1v) is 4.72.